The summed E-state index contributed by atoms with van der Waals surface area (Å²) in [6.45, 7) is 0. The normalized spacial score (nSPS) is 11.8. The molecule has 2 aromatic rings. The molecule has 1 nitrogen and oxygen atoms in total. The van der Waals surface area contributed by atoms with Crippen molar-refractivity contribution in [1.29, 1.82) is 0 Å². The fourth-order valence-corrected chi connectivity index (χ4v) is 2.03. The standard InChI is InChI=1S/C16H10ClF3O/c17-15-12(4-2-5-13(15)10-21)8-7-11-3-1-6-14(9-11)16(18,19)20/h1-10H. The third-order valence-electron chi connectivity index (χ3n) is 2.85. The first-order chi connectivity index (χ1) is 9.91. The molecular weight excluding hydrogens is 301 g/mol. The summed E-state index contributed by atoms with van der Waals surface area (Å²) in [5, 5.41) is 0.274. The van der Waals surface area contributed by atoms with E-state index in [0.717, 1.165) is 12.1 Å². The van der Waals surface area contributed by atoms with Crippen molar-refractivity contribution in [3.05, 3.63) is 69.7 Å². The average Bonchev–Trinajstić information content (AvgIpc) is 2.45. The lowest BCUT2D eigenvalue weighted by molar-refractivity contribution is -0.137. The van der Waals surface area contributed by atoms with Crippen LogP contribution in [0.25, 0.3) is 12.2 Å². The summed E-state index contributed by atoms with van der Waals surface area (Å²) in [5.74, 6) is 0. The zero-order chi connectivity index (χ0) is 15.5. The van der Waals surface area contributed by atoms with E-state index in [2.05, 4.69) is 0 Å². The number of halogens is 4. The summed E-state index contributed by atoms with van der Waals surface area (Å²) in [5.41, 5.74) is 0.594. The molecule has 0 N–H and O–H groups in total. The largest absolute Gasteiger partial charge is 0.416 e. The molecule has 0 saturated heterocycles. The van der Waals surface area contributed by atoms with Crippen LogP contribution in [-0.2, 0) is 6.18 Å². The highest BCUT2D eigenvalue weighted by Gasteiger charge is 2.30. The molecule has 21 heavy (non-hydrogen) atoms. The van der Waals surface area contributed by atoms with Gasteiger partial charge in [-0.1, -0.05) is 54.1 Å². The lowest BCUT2D eigenvalue weighted by Gasteiger charge is -2.06. The number of alkyl halides is 3. The summed E-state index contributed by atoms with van der Waals surface area (Å²) in [6, 6.07) is 9.86. The van der Waals surface area contributed by atoms with Gasteiger partial charge in [0, 0.05) is 5.56 Å². The predicted octanol–water partition coefficient (Wildman–Crippen LogP) is 5.34. The van der Waals surface area contributed by atoms with Crippen molar-refractivity contribution in [2.75, 3.05) is 0 Å². The monoisotopic (exact) mass is 310 g/mol. The molecule has 0 atom stereocenters. The lowest BCUT2D eigenvalue weighted by atomic mass is 10.1. The fourth-order valence-electron chi connectivity index (χ4n) is 1.79. The lowest BCUT2D eigenvalue weighted by Crippen LogP contribution is -2.04. The summed E-state index contributed by atoms with van der Waals surface area (Å²) >= 11 is 6.02. The van der Waals surface area contributed by atoms with Gasteiger partial charge in [-0.15, -0.1) is 0 Å². The second-order valence-electron chi connectivity index (χ2n) is 4.32. The SMILES string of the molecule is O=Cc1cccc(C=Cc2cccc(C(F)(F)F)c2)c1Cl. The number of carbonyl (C=O) groups is 1. The zero-order valence-corrected chi connectivity index (χ0v) is 11.4. The van der Waals surface area contributed by atoms with Gasteiger partial charge in [-0.25, -0.2) is 0 Å². The molecule has 2 rings (SSSR count). The fraction of sp³-hybridized carbons (Fsp3) is 0.0625. The molecule has 0 radical (unpaired) electrons. The van der Waals surface area contributed by atoms with Crippen molar-refractivity contribution in [2.24, 2.45) is 0 Å². The van der Waals surface area contributed by atoms with E-state index in [9.17, 15) is 18.0 Å². The van der Waals surface area contributed by atoms with Gasteiger partial charge in [-0.2, -0.15) is 13.2 Å². The number of carbonyl (C=O) groups excluding carboxylic acids is 1. The van der Waals surface area contributed by atoms with Gasteiger partial charge in [-0.05, 0) is 23.3 Å². The molecule has 0 spiro atoms. The van der Waals surface area contributed by atoms with Crippen LogP contribution in [-0.4, -0.2) is 6.29 Å². The summed E-state index contributed by atoms with van der Waals surface area (Å²) < 4.78 is 37.8. The van der Waals surface area contributed by atoms with Crippen molar-refractivity contribution >= 4 is 30.0 Å². The van der Waals surface area contributed by atoms with Crippen LogP contribution < -0.4 is 0 Å². The van der Waals surface area contributed by atoms with Gasteiger partial charge < -0.3 is 0 Å². The third-order valence-corrected chi connectivity index (χ3v) is 3.29. The first-order valence-corrected chi connectivity index (χ1v) is 6.38. The molecule has 0 aliphatic carbocycles. The maximum Gasteiger partial charge on any atom is 0.416 e. The molecule has 0 unspecified atom stereocenters. The molecule has 108 valence electrons. The molecule has 0 aliphatic heterocycles. The summed E-state index contributed by atoms with van der Waals surface area (Å²) in [7, 11) is 0. The van der Waals surface area contributed by atoms with E-state index in [1.807, 2.05) is 0 Å². The van der Waals surface area contributed by atoms with Crippen molar-refractivity contribution in [1.82, 2.24) is 0 Å². The van der Waals surface area contributed by atoms with Crippen LogP contribution in [0.3, 0.4) is 0 Å². The van der Waals surface area contributed by atoms with Gasteiger partial charge in [0.2, 0.25) is 0 Å². The van der Waals surface area contributed by atoms with Crippen LogP contribution in [0.4, 0.5) is 13.2 Å². The van der Waals surface area contributed by atoms with Crippen molar-refractivity contribution in [3.63, 3.8) is 0 Å². The van der Waals surface area contributed by atoms with Crippen LogP contribution >= 0.6 is 11.6 Å². The van der Waals surface area contributed by atoms with E-state index in [0.29, 0.717) is 23.0 Å². The maximum absolute atomic E-state index is 12.6. The Morgan fingerprint density at radius 2 is 1.62 bits per heavy atom. The van der Waals surface area contributed by atoms with Gasteiger partial charge in [0.05, 0.1) is 10.6 Å². The Labute approximate surface area is 124 Å². The highest BCUT2D eigenvalue weighted by molar-refractivity contribution is 6.34. The number of hydrogen-bond acceptors (Lipinski definition) is 1. The molecule has 0 heterocycles. The molecular formula is C16H10ClF3O. The second-order valence-corrected chi connectivity index (χ2v) is 4.70. The molecule has 0 fully saturated rings. The minimum Gasteiger partial charge on any atom is -0.298 e. The van der Waals surface area contributed by atoms with E-state index in [1.165, 1.54) is 12.1 Å². The van der Waals surface area contributed by atoms with Gasteiger partial charge in [0.1, 0.15) is 0 Å². The van der Waals surface area contributed by atoms with E-state index in [4.69, 9.17) is 11.6 Å². The van der Waals surface area contributed by atoms with Crippen molar-refractivity contribution in [3.8, 4) is 0 Å². The Morgan fingerprint density at radius 1 is 0.952 bits per heavy atom. The number of benzene rings is 2. The van der Waals surface area contributed by atoms with Crippen LogP contribution in [0.2, 0.25) is 5.02 Å². The third kappa shape index (κ3) is 3.73. The van der Waals surface area contributed by atoms with E-state index in [1.54, 1.807) is 30.3 Å². The van der Waals surface area contributed by atoms with E-state index >= 15 is 0 Å². The van der Waals surface area contributed by atoms with E-state index < -0.39 is 11.7 Å². The highest BCUT2D eigenvalue weighted by Crippen LogP contribution is 2.30. The number of rotatable bonds is 3. The van der Waals surface area contributed by atoms with Crippen LogP contribution in [0.5, 0.6) is 0 Å². The molecule has 0 bridgehead atoms. The number of aldehydes is 1. The van der Waals surface area contributed by atoms with Crippen LogP contribution in [0.1, 0.15) is 27.0 Å². The minimum absolute atomic E-state index is 0.274. The van der Waals surface area contributed by atoms with Gasteiger partial charge >= 0.3 is 6.18 Å². The molecule has 2 aromatic carbocycles. The molecule has 0 saturated carbocycles. The van der Waals surface area contributed by atoms with Gasteiger partial charge in [0.25, 0.3) is 0 Å². The molecule has 0 aromatic heterocycles. The van der Waals surface area contributed by atoms with Crippen molar-refractivity contribution in [2.45, 2.75) is 6.18 Å². The van der Waals surface area contributed by atoms with Gasteiger partial charge in [-0.3, -0.25) is 4.79 Å². The first-order valence-electron chi connectivity index (χ1n) is 6.01. The molecule has 5 heteroatoms. The Morgan fingerprint density at radius 3 is 2.29 bits per heavy atom. The van der Waals surface area contributed by atoms with Crippen molar-refractivity contribution < 1.29 is 18.0 Å². The summed E-state index contributed by atoms with van der Waals surface area (Å²) in [6.07, 6.45) is -0.654. The zero-order valence-electron chi connectivity index (χ0n) is 10.7. The van der Waals surface area contributed by atoms with E-state index in [-0.39, 0.29) is 5.02 Å². The summed E-state index contributed by atoms with van der Waals surface area (Å²) in [4.78, 5) is 10.8. The quantitative estimate of drug-likeness (QED) is 0.552. The number of hydrogen-bond donors (Lipinski definition) is 0. The first kappa shape index (κ1) is 15.3. The Balaban J connectivity index is 2.32. The Hall–Kier alpha value is -2.07. The maximum atomic E-state index is 12.6. The second kappa shape index (κ2) is 6.14. The highest BCUT2D eigenvalue weighted by atomic mass is 35.5. The topological polar surface area (TPSA) is 17.1 Å². The van der Waals surface area contributed by atoms with Crippen LogP contribution in [0.15, 0.2) is 42.5 Å². The van der Waals surface area contributed by atoms with Crippen LogP contribution in [0, 0.1) is 0 Å². The minimum atomic E-state index is -4.38. The van der Waals surface area contributed by atoms with Gasteiger partial charge in [0.15, 0.2) is 6.29 Å². The Kier molecular flexibility index (Phi) is 4.48. The molecule has 0 amide bonds. The smallest absolute Gasteiger partial charge is 0.298 e. The molecule has 0 aliphatic rings. The average molecular weight is 311 g/mol. The Bertz CT molecular complexity index is 690. The predicted molar refractivity (Wildman–Crippen MR) is 77.2 cm³/mol.